The predicted molar refractivity (Wildman–Crippen MR) is 64.9 cm³/mol. The third-order valence-corrected chi connectivity index (χ3v) is 2.64. The molecule has 4 nitrogen and oxygen atoms in total. The third kappa shape index (κ3) is 2.15. The number of benzene rings is 1. The summed E-state index contributed by atoms with van der Waals surface area (Å²) in [5, 5.41) is 4.43. The molecular weight excluding hydrogens is 231 g/mol. The number of rotatable bonds is 3. The van der Waals surface area contributed by atoms with Crippen LogP contribution in [-0.4, -0.2) is 19.3 Å². The first-order valence-corrected chi connectivity index (χ1v) is 5.57. The molecule has 5 heteroatoms. The van der Waals surface area contributed by atoms with Gasteiger partial charge in [0.05, 0.1) is 24.3 Å². The molecule has 0 atom stereocenters. The summed E-state index contributed by atoms with van der Waals surface area (Å²) in [6.07, 6.45) is 7.23. The van der Waals surface area contributed by atoms with Crippen LogP contribution in [0.2, 0.25) is 0 Å². The van der Waals surface area contributed by atoms with Gasteiger partial charge in [-0.2, -0.15) is 5.10 Å². The maximum Gasteiger partial charge on any atom is 0.123 e. The van der Waals surface area contributed by atoms with E-state index in [-0.39, 0.29) is 5.82 Å². The van der Waals surface area contributed by atoms with E-state index in [1.54, 1.807) is 29.3 Å². The van der Waals surface area contributed by atoms with Crippen molar-refractivity contribution in [3.05, 3.63) is 66.8 Å². The Morgan fingerprint density at radius 3 is 2.61 bits per heavy atom. The van der Waals surface area contributed by atoms with Crippen LogP contribution in [0.5, 0.6) is 0 Å². The van der Waals surface area contributed by atoms with Crippen LogP contribution >= 0.6 is 0 Å². The highest BCUT2D eigenvalue weighted by Crippen LogP contribution is 2.09. The molecule has 18 heavy (non-hydrogen) atoms. The molecule has 3 aromatic rings. The molecule has 3 rings (SSSR count). The molecule has 0 spiro atoms. The summed E-state index contributed by atoms with van der Waals surface area (Å²) in [7, 11) is 0. The van der Waals surface area contributed by atoms with Gasteiger partial charge >= 0.3 is 0 Å². The molecule has 0 radical (unpaired) electrons. The molecule has 0 aliphatic heterocycles. The molecule has 0 saturated carbocycles. The standard InChI is InChI=1S/C13H11FN4/c14-11-1-3-13(4-2-11)18-7-5-12(16-18)9-17-8-6-15-10-17/h1-8,10H,9H2. The Hall–Kier alpha value is -2.43. The Bertz CT molecular complexity index is 625. The number of nitrogens with zero attached hydrogens (tertiary/aromatic N) is 4. The highest BCUT2D eigenvalue weighted by molar-refractivity contribution is 5.31. The number of hydrogen-bond donors (Lipinski definition) is 0. The number of aromatic nitrogens is 4. The van der Waals surface area contributed by atoms with Gasteiger partial charge in [-0.05, 0) is 30.3 Å². The molecule has 0 saturated heterocycles. The first-order valence-electron chi connectivity index (χ1n) is 5.57. The van der Waals surface area contributed by atoms with Crippen LogP contribution in [0.15, 0.2) is 55.2 Å². The van der Waals surface area contributed by atoms with Crippen LogP contribution < -0.4 is 0 Å². The molecule has 0 unspecified atom stereocenters. The van der Waals surface area contributed by atoms with Crippen molar-refractivity contribution >= 4 is 0 Å². The Balaban J connectivity index is 1.83. The second kappa shape index (κ2) is 4.44. The van der Waals surface area contributed by atoms with Crippen LogP contribution in [0.25, 0.3) is 5.69 Å². The second-order valence-corrected chi connectivity index (χ2v) is 3.96. The van der Waals surface area contributed by atoms with Gasteiger partial charge in [-0.3, -0.25) is 0 Å². The monoisotopic (exact) mass is 242 g/mol. The zero-order valence-electron chi connectivity index (χ0n) is 9.57. The summed E-state index contributed by atoms with van der Waals surface area (Å²) in [6, 6.07) is 8.18. The van der Waals surface area contributed by atoms with Crippen molar-refractivity contribution in [3.8, 4) is 5.69 Å². The molecule has 2 heterocycles. The SMILES string of the molecule is Fc1ccc(-n2ccc(Cn3ccnc3)n2)cc1. The topological polar surface area (TPSA) is 35.6 Å². The number of halogens is 1. The molecule has 0 amide bonds. The van der Waals surface area contributed by atoms with E-state index in [1.165, 1.54) is 12.1 Å². The van der Waals surface area contributed by atoms with Crippen LogP contribution in [0.3, 0.4) is 0 Å². The highest BCUT2D eigenvalue weighted by Gasteiger charge is 2.02. The first-order chi connectivity index (χ1) is 8.81. The minimum atomic E-state index is -0.246. The van der Waals surface area contributed by atoms with E-state index in [0.717, 1.165) is 11.4 Å². The van der Waals surface area contributed by atoms with Gasteiger partial charge in [0.1, 0.15) is 5.82 Å². The van der Waals surface area contributed by atoms with E-state index < -0.39 is 0 Å². The Morgan fingerprint density at radius 2 is 1.89 bits per heavy atom. The van der Waals surface area contributed by atoms with Crippen molar-refractivity contribution in [1.82, 2.24) is 19.3 Å². The van der Waals surface area contributed by atoms with Gasteiger partial charge in [-0.25, -0.2) is 14.1 Å². The van der Waals surface area contributed by atoms with Gasteiger partial charge in [0.25, 0.3) is 0 Å². The van der Waals surface area contributed by atoms with E-state index in [0.29, 0.717) is 6.54 Å². The fourth-order valence-corrected chi connectivity index (χ4v) is 1.75. The summed E-state index contributed by atoms with van der Waals surface area (Å²) in [6.45, 7) is 0.675. The highest BCUT2D eigenvalue weighted by atomic mass is 19.1. The van der Waals surface area contributed by atoms with E-state index in [9.17, 15) is 4.39 Å². The van der Waals surface area contributed by atoms with Crippen molar-refractivity contribution in [1.29, 1.82) is 0 Å². The lowest BCUT2D eigenvalue weighted by atomic mass is 10.3. The Kier molecular flexibility index (Phi) is 2.64. The first kappa shape index (κ1) is 10.7. The lowest BCUT2D eigenvalue weighted by Gasteiger charge is -2.01. The normalized spacial score (nSPS) is 10.7. The van der Waals surface area contributed by atoms with E-state index >= 15 is 0 Å². The molecule has 1 aromatic carbocycles. The molecular formula is C13H11FN4. The fourth-order valence-electron chi connectivity index (χ4n) is 1.75. The minimum absolute atomic E-state index is 0.246. The molecule has 0 aliphatic carbocycles. The number of hydrogen-bond acceptors (Lipinski definition) is 2. The van der Waals surface area contributed by atoms with Crippen molar-refractivity contribution < 1.29 is 4.39 Å². The van der Waals surface area contributed by atoms with Crippen molar-refractivity contribution in [3.63, 3.8) is 0 Å². The zero-order valence-corrected chi connectivity index (χ0v) is 9.57. The van der Waals surface area contributed by atoms with Crippen LogP contribution in [0.4, 0.5) is 4.39 Å². The zero-order chi connectivity index (χ0) is 12.4. The largest absolute Gasteiger partial charge is 0.331 e. The molecule has 2 aromatic heterocycles. The van der Waals surface area contributed by atoms with Crippen LogP contribution in [0, 0.1) is 5.82 Å². The van der Waals surface area contributed by atoms with E-state index in [1.807, 2.05) is 23.0 Å². The second-order valence-electron chi connectivity index (χ2n) is 3.96. The summed E-state index contributed by atoms with van der Waals surface area (Å²) >= 11 is 0. The van der Waals surface area contributed by atoms with Gasteiger partial charge < -0.3 is 4.57 Å². The number of imidazole rings is 1. The lowest BCUT2D eigenvalue weighted by molar-refractivity contribution is 0.627. The van der Waals surface area contributed by atoms with E-state index in [4.69, 9.17) is 0 Å². The van der Waals surface area contributed by atoms with Gasteiger partial charge in [0.2, 0.25) is 0 Å². The molecule has 0 bridgehead atoms. The summed E-state index contributed by atoms with van der Waals surface area (Å²) in [5.74, 6) is -0.246. The molecule has 0 fully saturated rings. The van der Waals surface area contributed by atoms with Crippen LogP contribution in [-0.2, 0) is 6.54 Å². The van der Waals surface area contributed by atoms with Crippen molar-refractivity contribution in [2.24, 2.45) is 0 Å². The summed E-state index contributed by atoms with van der Waals surface area (Å²) < 4.78 is 16.5. The maximum absolute atomic E-state index is 12.8. The smallest absolute Gasteiger partial charge is 0.123 e. The fraction of sp³-hybridized carbons (Fsp3) is 0.0769. The van der Waals surface area contributed by atoms with Gasteiger partial charge in [0.15, 0.2) is 0 Å². The quantitative estimate of drug-likeness (QED) is 0.706. The van der Waals surface area contributed by atoms with Gasteiger partial charge in [-0.1, -0.05) is 0 Å². The summed E-state index contributed by atoms with van der Waals surface area (Å²) in [4.78, 5) is 3.98. The lowest BCUT2D eigenvalue weighted by Crippen LogP contribution is -2.00. The maximum atomic E-state index is 12.8. The van der Waals surface area contributed by atoms with Gasteiger partial charge in [0, 0.05) is 18.6 Å². The predicted octanol–water partition coefficient (Wildman–Crippen LogP) is 2.26. The Morgan fingerprint density at radius 1 is 1.06 bits per heavy atom. The van der Waals surface area contributed by atoms with E-state index in [2.05, 4.69) is 10.1 Å². The average Bonchev–Trinajstić information content (AvgIpc) is 3.02. The molecule has 90 valence electrons. The average molecular weight is 242 g/mol. The molecule has 0 aliphatic rings. The van der Waals surface area contributed by atoms with Gasteiger partial charge in [-0.15, -0.1) is 0 Å². The third-order valence-electron chi connectivity index (χ3n) is 2.64. The summed E-state index contributed by atoms with van der Waals surface area (Å²) in [5.41, 5.74) is 1.77. The minimum Gasteiger partial charge on any atom is -0.331 e. The molecule has 0 N–H and O–H groups in total. The van der Waals surface area contributed by atoms with Crippen molar-refractivity contribution in [2.45, 2.75) is 6.54 Å². The van der Waals surface area contributed by atoms with Crippen LogP contribution in [0.1, 0.15) is 5.69 Å². The van der Waals surface area contributed by atoms with Crippen molar-refractivity contribution in [2.75, 3.05) is 0 Å². The Labute approximate surface area is 103 Å².